The van der Waals surface area contributed by atoms with Crippen LogP contribution in [-0.2, 0) is 13.1 Å². The molecular formula is C23H25ClN4O. The van der Waals surface area contributed by atoms with Crippen LogP contribution in [-0.4, -0.2) is 51.7 Å². The molecule has 5 nitrogen and oxygen atoms in total. The molecule has 150 valence electrons. The molecule has 0 aliphatic carbocycles. The molecule has 1 amide bonds. The highest BCUT2D eigenvalue weighted by molar-refractivity contribution is 6.31. The topological polar surface area (TPSA) is 41.4 Å². The van der Waals surface area contributed by atoms with Gasteiger partial charge in [0, 0.05) is 43.9 Å². The van der Waals surface area contributed by atoms with Crippen LogP contribution in [0.25, 0.3) is 0 Å². The first-order chi connectivity index (χ1) is 14.2. The number of halogens is 1. The van der Waals surface area contributed by atoms with Gasteiger partial charge in [0.15, 0.2) is 0 Å². The smallest absolute Gasteiger partial charge is 0.257 e. The fourth-order valence-corrected chi connectivity index (χ4v) is 3.91. The summed E-state index contributed by atoms with van der Waals surface area (Å²) in [6.45, 7) is 4.89. The fraction of sp³-hybridized carbons (Fsp3) is 0.304. The number of hydrogen-bond donors (Lipinski definition) is 0. The zero-order chi connectivity index (χ0) is 20.1. The molecule has 1 aliphatic rings. The summed E-state index contributed by atoms with van der Waals surface area (Å²) < 4.78 is 1.77. The Morgan fingerprint density at radius 3 is 2.55 bits per heavy atom. The van der Waals surface area contributed by atoms with Crippen molar-refractivity contribution in [2.45, 2.75) is 19.5 Å². The molecule has 0 unspecified atom stereocenters. The number of amides is 1. The van der Waals surface area contributed by atoms with Gasteiger partial charge in [-0.15, -0.1) is 0 Å². The van der Waals surface area contributed by atoms with Gasteiger partial charge in [0.25, 0.3) is 5.91 Å². The number of carbonyl (C=O) groups excluding carboxylic acids is 1. The molecular weight excluding hydrogens is 384 g/mol. The summed E-state index contributed by atoms with van der Waals surface area (Å²) in [5.74, 6) is 0.0527. The largest absolute Gasteiger partial charge is 0.337 e. The van der Waals surface area contributed by atoms with E-state index in [1.54, 1.807) is 10.9 Å². The first kappa shape index (κ1) is 19.7. The molecule has 1 fully saturated rings. The van der Waals surface area contributed by atoms with Crippen molar-refractivity contribution in [3.05, 3.63) is 88.7 Å². The van der Waals surface area contributed by atoms with Gasteiger partial charge in [-0.1, -0.05) is 60.1 Å². The summed E-state index contributed by atoms with van der Waals surface area (Å²) >= 11 is 6.23. The van der Waals surface area contributed by atoms with Crippen LogP contribution in [0.1, 0.15) is 27.9 Å². The average Bonchev–Trinajstić information content (AvgIpc) is 3.08. The maximum atomic E-state index is 13.0. The van der Waals surface area contributed by atoms with E-state index in [1.807, 2.05) is 41.4 Å². The van der Waals surface area contributed by atoms with E-state index in [0.717, 1.165) is 44.7 Å². The second-order valence-corrected chi connectivity index (χ2v) is 7.83. The van der Waals surface area contributed by atoms with Gasteiger partial charge >= 0.3 is 0 Å². The first-order valence-corrected chi connectivity index (χ1v) is 10.4. The highest BCUT2D eigenvalue weighted by Gasteiger charge is 2.21. The fourth-order valence-electron chi connectivity index (χ4n) is 3.72. The van der Waals surface area contributed by atoms with Crippen molar-refractivity contribution in [2.75, 3.05) is 26.2 Å². The van der Waals surface area contributed by atoms with Crippen molar-refractivity contribution in [2.24, 2.45) is 0 Å². The molecule has 2 heterocycles. The number of aromatic nitrogens is 2. The molecule has 0 N–H and O–H groups in total. The summed E-state index contributed by atoms with van der Waals surface area (Å²) in [4.78, 5) is 17.3. The molecule has 3 aromatic rings. The minimum atomic E-state index is 0.0527. The summed E-state index contributed by atoms with van der Waals surface area (Å²) in [7, 11) is 0. The minimum absolute atomic E-state index is 0.0527. The molecule has 2 aromatic carbocycles. The first-order valence-electron chi connectivity index (χ1n) is 10.0. The van der Waals surface area contributed by atoms with E-state index in [0.29, 0.717) is 17.1 Å². The predicted molar refractivity (Wildman–Crippen MR) is 115 cm³/mol. The van der Waals surface area contributed by atoms with E-state index in [2.05, 4.69) is 34.3 Å². The molecule has 1 aromatic heterocycles. The maximum absolute atomic E-state index is 13.0. The van der Waals surface area contributed by atoms with Crippen molar-refractivity contribution < 1.29 is 4.79 Å². The Morgan fingerprint density at radius 1 is 0.931 bits per heavy atom. The molecule has 0 bridgehead atoms. The van der Waals surface area contributed by atoms with E-state index < -0.39 is 0 Å². The van der Waals surface area contributed by atoms with E-state index >= 15 is 0 Å². The van der Waals surface area contributed by atoms with Crippen molar-refractivity contribution >= 4 is 17.5 Å². The van der Waals surface area contributed by atoms with E-state index in [-0.39, 0.29) is 5.91 Å². The van der Waals surface area contributed by atoms with Gasteiger partial charge in [0.2, 0.25) is 0 Å². The zero-order valence-corrected chi connectivity index (χ0v) is 17.1. The van der Waals surface area contributed by atoms with Crippen molar-refractivity contribution in [3.63, 3.8) is 0 Å². The third-order valence-electron chi connectivity index (χ3n) is 5.30. The summed E-state index contributed by atoms with van der Waals surface area (Å²) in [6, 6.07) is 18.2. The molecule has 0 radical (unpaired) electrons. The monoisotopic (exact) mass is 408 g/mol. The lowest BCUT2D eigenvalue weighted by Crippen LogP contribution is -2.35. The summed E-state index contributed by atoms with van der Waals surface area (Å²) in [5, 5.41) is 5.07. The Balaban J connectivity index is 1.36. The van der Waals surface area contributed by atoms with Crippen LogP contribution in [0.15, 0.2) is 67.0 Å². The van der Waals surface area contributed by atoms with Crippen LogP contribution in [0.4, 0.5) is 0 Å². The third-order valence-corrected chi connectivity index (χ3v) is 5.66. The second-order valence-electron chi connectivity index (χ2n) is 7.43. The van der Waals surface area contributed by atoms with Crippen molar-refractivity contribution in [3.8, 4) is 0 Å². The lowest BCUT2D eigenvalue weighted by Gasteiger charge is -2.21. The molecule has 0 spiro atoms. The van der Waals surface area contributed by atoms with E-state index in [9.17, 15) is 4.79 Å². The van der Waals surface area contributed by atoms with Crippen molar-refractivity contribution in [1.82, 2.24) is 19.6 Å². The number of benzene rings is 2. The molecule has 6 heteroatoms. The summed E-state index contributed by atoms with van der Waals surface area (Å²) in [6.07, 6.45) is 4.45. The standard InChI is InChI=1S/C23H25ClN4O/c24-22-10-5-4-9-20(22)17-28-18-21(15-25-28)23(29)27-12-6-11-26(13-14-27)16-19-7-2-1-3-8-19/h1-5,7-10,15,18H,6,11-14,16-17H2. The molecule has 29 heavy (non-hydrogen) atoms. The second kappa shape index (κ2) is 9.25. The van der Waals surface area contributed by atoms with Crippen LogP contribution < -0.4 is 0 Å². The molecule has 4 rings (SSSR count). The highest BCUT2D eigenvalue weighted by Crippen LogP contribution is 2.17. The Labute approximate surface area is 176 Å². The lowest BCUT2D eigenvalue weighted by molar-refractivity contribution is 0.0761. The predicted octanol–water partition coefficient (Wildman–Crippen LogP) is 3.93. The molecule has 0 saturated carbocycles. The average molecular weight is 409 g/mol. The number of hydrogen-bond acceptors (Lipinski definition) is 3. The Morgan fingerprint density at radius 2 is 1.72 bits per heavy atom. The van der Waals surface area contributed by atoms with Gasteiger partial charge in [-0.05, 0) is 23.6 Å². The van der Waals surface area contributed by atoms with Gasteiger partial charge in [-0.3, -0.25) is 14.4 Å². The molecule has 1 aliphatic heterocycles. The van der Waals surface area contributed by atoms with Gasteiger partial charge in [0.05, 0.1) is 18.3 Å². The Bertz CT molecular complexity index is 956. The highest BCUT2D eigenvalue weighted by atomic mass is 35.5. The van der Waals surface area contributed by atoms with Crippen LogP contribution in [0.2, 0.25) is 5.02 Å². The van der Waals surface area contributed by atoms with Gasteiger partial charge in [0.1, 0.15) is 0 Å². The quantitative estimate of drug-likeness (QED) is 0.642. The van der Waals surface area contributed by atoms with Crippen molar-refractivity contribution in [1.29, 1.82) is 0 Å². The number of nitrogens with zero attached hydrogens (tertiary/aromatic N) is 4. The van der Waals surface area contributed by atoms with Gasteiger partial charge in [-0.2, -0.15) is 5.10 Å². The van der Waals surface area contributed by atoms with Gasteiger partial charge < -0.3 is 4.90 Å². The van der Waals surface area contributed by atoms with Crippen LogP contribution >= 0.6 is 11.6 Å². The van der Waals surface area contributed by atoms with Gasteiger partial charge in [-0.25, -0.2) is 0 Å². The maximum Gasteiger partial charge on any atom is 0.257 e. The van der Waals surface area contributed by atoms with E-state index in [1.165, 1.54) is 5.56 Å². The van der Waals surface area contributed by atoms with Crippen LogP contribution in [0.3, 0.4) is 0 Å². The number of carbonyl (C=O) groups is 1. The number of rotatable bonds is 5. The SMILES string of the molecule is O=C(c1cnn(Cc2ccccc2Cl)c1)N1CCCN(Cc2ccccc2)CC1. The zero-order valence-electron chi connectivity index (χ0n) is 16.4. The summed E-state index contributed by atoms with van der Waals surface area (Å²) in [5.41, 5.74) is 2.93. The normalized spacial score (nSPS) is 15.3. The van der Waals surface area contributed by atoms with E-state index in [4.69, 9.17) is 11.6 Å². The Kier molecular flexibility index (Phi) is 6.27. The molecule has 1 saturated heterocycles. The Hall–Kier alpha value is -2.63. The lowest BCUT2D eigenvalue weighted by atomic mass is 10.2. The van der Waals surface area contributed by atoms with Crippen LogP contribution in [0, 0.1) is 0 Å². The third kappa shape index (κ3) is 5.05. The molecule has 0 atom stereocenters. The van der Waals surface area contributed by atoms with Crippen LogP contribution in [0.5, 0.6) is 0 Å². The minimum Gasteiger partial charge on any atom is -0.337 e.